The minimum atomic E-state index is -3.54. The zero-order valence-corrected chi connectivity index (χ0v) is 21.6. The summed E-state index contributed by atoms with van der Waals surface area (Å²) in [7, 11) is -3.54. The lowest BCUT2D eigenvalue weighted by Crippen LogP contribution is -2.48. The Morgan fingerprint density at radius 2 is 1.60 bits per heavy atom. The molecule has 182 valence electrons. The SMILES string of the molecule is Cc1ccc(-c2nn3c(=O)cc(CN4CCN(S(=O)(=O)c5cc(C)ccc5C)CC4)nc3s2)cc1. The summed E-state index contributed by atoms with van der Waals surface area (Å²) in [6.07, 6.45) is 0. The zero-order chi connectivity index (χ0) is 24.7. The van der Waals surface area contributed by atoms with Crippen molar-refractivity contribution in [3.8, 4) is 10.6 Å². The highest BCUT2D eigenvalue weighted by Gasteiger charge is 2.30. The summed E-state index contributed by atoms with van der Waals surface area (Å²) in [6.45, 7) is 8.18. The molecule has 0 amide bonds. The average Bonchev–Trinajstić information content (AvgIpc) is 3.26. The first-order valence-electron chi connectivity index (χ1n) is 11.5. The van der Waals surface area contributed by atoms with Gasteiger partial charge in [-0.05, 0) is 38.0 Å². The van der Waals surface area contributed by atoms with Gasteiger partial charge in [0.05, 0.1) is 10.6 Å². The van der Waals surface area contributed by atoms with Crippen LogP contribution in [0.15, 0.2) is 58.2 Å². The minimum Gasteiger partial charge on any atom is -0.295 e. The highest BCUT2D eigenvalue weighted by Crippen LogP contribution is 2.25. The van der Waals surface area contributed by atoms with Gasteiger partial charge in [-0.2, -0.15) is 13.9 Å². The quantitative estimate of drug-likeness (QED) is 0.410. The normalized spacial score (nSPS) is 15.6. The number of hydrogen-bond donors (Lipinski definition) is 0. The fourth-order valence-corrected chi connectivity index (χ4v) is 6.89. The third-order valence-electron chi connectivity index (χ3n) is 6.27. The number of sulfonamides is 1. The predicted octanol–water partition coefficient (Wildman–Crippen LogP) is 3.25. The van der Waals surface area contributed by atoms with Gasteiger partial charge >= 0.3 is 0 Å². The van der Waals surface area contributed by atoms with Crippen molar-refractivity contribution in [1.29, 1.82) is 0 Å². The van der Waals surface area contributed by atoms with Crippen LogP contribution >= 0.6 is 11.3 Å². The van der Waals surface area contributed by atoms with Gasteiger partial charge in [-0.25, -0.2) is 13.4 Å². The van der Waals surface area contributed by atoms with Gasteiger partial charge < -0.3 is 0 Å². The van der Waals surface area contributed by atoms with Crippen LogP contribution in [0.5, 0.6) is 0 Å². The first kappa shape index (κ1) is 23.8. The van der Waals surface area contributed by atoms with Crippen LogP contribution in [0.25, 0.3) is 15.5 Å². The third-order valence-corrected chi connectivity index (χ3v) is 9.27. The number of rotatable bonds is 5. The summed E-state index contributed by atoms with van der Waals surface area (Å²) >= 11 is 1.39. The predicted molar refractivity (Wildman–Crippen MR) is 137 cm³/mol. The van der Waals surface area contributed by atoms with Gasteiger partial charge in [0.2, 0.25) is 15.0 Å². The molecular weight excluding hydrogens is 482 g/mol. The Bertz CT molecular complexity index is 1550. The Hall–Kier alpha value is -2.92. The van der Waals surface area contributed by atoms with E-state index in [1.54, 1.807) is 10.4 Å². The molecule has 0 unspecified atom stereocenters. The van der Waals surface area contributed by atoms with Crippen molar-refractivity contribution in [3.05, 3.63) is 81.3 Å². The van der Waals surface area contributed by atoms with Gasteiger partial charge in [0.25, 0.3) is 5.56 Å². The van der Waals surface area contributed by atoms with Crippen molar-refractivity contribution in [2.45, 2.75) is 32.2 Å². The maximum Gasteiger partial charge on any atom is 0.275 e. The van der Waals surface area contributed by atoms with E-state index in [0.29, 0.717) is 48.3 Å². The van der Waals surface area contributed by atoms with Crippen LogP contribution in [0.2, 0.25) is 0 Å². The van der Waals surface area contributed by atoms with E-state index in [-0.39, 0.29) is 5.56 Å². The van der Waals surface area contributed by atoms with E-state index in [1.807, 2.05) is 57.2 Å². The van der Waals surface area contributed by atoms with Gasteiger partial charge in [-0.1, -0.05) is 53.3 Å². The fourth-order valence-electron chi connectivity index (χ4n) is 4.23. The van der Waals surface area contributed by atoms with Crippen LogP contribution in [-0.2, 0) is 16.6 Å². The molecule has 2 aromatic heterocycles. The largest absolute Gasteiger partial charge is 0.295 e. The second-order valence-corrected chi connectivity index (χ2v) is 11.9. The van der Waals surface area contributed by atoms with Crippen LogP contribution in [0.1, 0.15) is 22.4 Å². The van der Waals surface area contributed by atoms with E-state index >= 15 is 0 Å². The number of piperazine rings is 1. The highest BCUT2D eigenvalue weighted by molar-refractivity contribution is 7.89. The average molecular weight is 510 g/mol. The lowest BCUT2D eigenvalue weighted by Gasteiger charge is -2.34. The lowest BCUT2D eigenvalue weighted by atomic mass is 10.2. The van der Waals surface area contributed by atoms with Gasteiger partial charge in [0.1, 0.15) is 5.01 Å². The van der Waals surface area contributed by atoms with E-state index < -0.39 is 10.0 Å². The molecule has 2 aromatic carbocycles. The number of aryl methyl sites for hydroxylation is 3. The zero-order valence-electron chi connectivity index (χ0n) is 19.9. The number of aromatic nitrogens is 3. The molecule has 1 aliphatic heterocycles. The summed E-state index contributed by atoms with van der Waals surface area (Å²) in [4.78, 5) is 20.4. The summed E-state index contributed by atoms with van der Waals surface area (Å²) in [5, 5.41) is 5.20. The number of fused-ring (bicyclic) bond motifs is 1. The molecule has 0 radical (unpaired) electrons. The van der Waals surface area contributed by atoms with Gasteiger partial charge in [-0.3, -0.25) is 9.69 Å². The van der Waals surface area contributed by atoms with Crippen LogP contribution in [-0.4, -0.2) is 58.4 Å². The Morgan fingerprint density at radius 3 is 2.31 bits per heavy atom. The molecule has 0 spiro atoms. The molecule has 0 aliphatic carbocycles. The monoisotopic (exact) mass is 509 g/mol. The maximum absolute atomic E-state index is 13.2. The summed E-state index contributed by atoms with van der Waals surface area (Å²) in [5.41, 5.74) is 4.25. The molecular formula is C25H27N5O3S2. The van der Waals surface area contributed by atoms with Gasteiger partial charge in [0, 0.05) is 44.4 Å². The lowest BCUT2D eigenvalue weighted by molar-refractivity contribution is 0.180. The molecule has 1 saturated heterocycles. The highest BCUT2D eigenvalue weighted by atomic mass is 32.2. The Balaban J connectivity index is 1.30. The maximum atomic E-state index is 13.2. The molecule has 4 aromatic rings. The third kappa shape index (κ3) is 4.79. The second-order valence-electron chi connectivity index (χ2n) is 9.00. The summed E-state index contributed by atoms with van der Waals surface area (Å²) in [6, 6.07) is 15.0. The molecule has 0 atom stereocenters. The molecule has 1 aliphatic rings. The van der Waals surface area contributed by atoms with E-state index in [0.717, 1.165) is 27.3 Å². The molecule has 10 heteroatoms. The standard InChI is InChI=1S/C25H27N5O3S2/c1-17-5-8-20(9-6-17)24-27-30-23(31)15-21(26-25(30)34-24)16-28-10-12-29(13-11-28)35(32,33)22-14-18(2)4-7-19(22)3/h4-9,14-15H,10-13,16H2,1-3H3. The summed E-state index contributed by atoms with van der Waals surface area (Å²) < 4.78 is 29.3. The van der Waals surface area contributed by atoms with E-state index in [9.17, 15) is 13.2 Å². The van der Waals surface area contributed by atoms with Crippen LogP contribution < -0.4 is 5.56 Å². The summed E-state index contributed by atoms with van der Waals surface area (Å²) in [5.74, 6) is 0. The second kappa shape index (κ2) is 9.27. The molecule has 1 fully saturated rings. The Morgan fingerprint density at radius 1 is 0.914 bits per heavy atom. The molecule has 5 rings (SSSR count). The Labute approximate surface area is 208 Å². The minimum absolute atomic E-state index is 0.212. The molecule has 0 saturated carbocycles. The van der Waals surface area contributed by atoms with Crippen molar-refractivity contribution < 1.29 is 8.42 Å². The number of hydrogen-bond acceptors (Lipinski definition) is 7. The van der Waals surface area contributed by atoms with Crippen molar-refractivity contribution >= 4 is 26.3 Å². The van der Waals surface area contributed by atoms with E-state index in [1.165, 1.54) is 21.9 Å². The molecule has 0 N–H and O–H groups in total. The molecule has 3 heterocycles. The molecule has 0 bridgehead atoms. The fraction of sp³-hybridized carbons (Fsp3) is 0.320. The van der Waals surface area contributed by atoms with Crippen molar-refractivity contribution in [2.24, 2.45) is 0 Å². The van der Waals surface area contributed by atoms with Crippen molar-refractivity contribution in [1.82, 2.24) is 23.8 Å². The topological polar surface area (TPSA) is 87.9 Å². The van der Waals surface area contributed by atoms with Crippen molar-refractivity contribution in [2.75, 3.05) is 26.2 Å². The van der Waals surface area contributed by atoms with E-state index in [4.69, 9.17) is 0 Å². The van der Waals surface area contributed by atoms with E-state index in [2.05, 4.69) is 15.0 Å². The van der Waals surface area contributed by atoms with Crippen LogP contribution in [0, 0.1) is 20.8 Å². The smallest absolute Gasteiger partial charge is 0.275 e. The number of benzene rings is 2. The van der Waals surface area contributed by atoms with Crippen LogP contribution in [0.3, 0.4) is 0 Å². The number of nitrogens with zero attached hydrogens (tertiary/aromatic N) is 5. The Kier molecular flexibility index (Phi) is 6.30. The molecule has 8 nitrogen and oxygen atoms in total. The van der Waals surface area contributed by atoms with Crippen molar-refractivity contribution in [3.63, 3.8) is 0 Å². The van der Waals surface area contributed by atoms with Gasteiger partial charge in [-0.15, -0.1) is 0 Å². The first-order chi connectivity index (χ1) is 16.7. The first-order valence-corrected chi connectivity index (χ1v) is 13.7. The molecule has 35 heavy (non-hydrogen) atoms. The van der Waals surface area contributed by atoms with Crippen LogP contribution in [0.4, 0.5) is 0 Å². The van der Waals surface area contributed by atoms with Gasteiger partial charge in [0.15, 0.2) is 0 Å².